The molecule has 0 aromatic heterocycles. The molecule has 1 unspecified atom stereocenters. The van der Waals surface area contributed by atoms with Crippen molar-refractivity contribution in [3.8, 4) is 0 Å². The van der Waals surface area contributed by atoms with Crippen molar-refractivity contribution in [2.45, 2.75) is 30.8 Å². The molecule has 3 aromatic rings. The normalized spacial score (nSPS) is 15.8. The Balaban J connectivity index is 1.56. The predicted octanol–water partition coefficient (Wildman–Crippen LogP) is 3.90. The van der Waals surface area contributed by atoms with Crippen LogP contribution in [0.1, 0.15) is 28.4 Å². The van der Waals surface area contributed by atoms with Crippen molar-refractivity contribution in [1.29, 1.82) is 0 Å². The summed E-state index contributed by atoms with van der Waals surface area (Å²) in [4.78, 5) is 14.8. The topological polar surface area (TPSA) is 66.5 Å². The van der Waals surface area contributed by atoms with Gasteiger partial charge in [-0.05, 0) is 66.9 Å². The van der Waals surface area contributed by atoms with Crippen LogP contribution in [0.5, 0.6) is 0 Å². The Labute approximate surface area is 175 Å². The molecule has 1 heterocycles. The number of fused-ring (bicyclic) bond motifs is 1. The third-order valence-electron chi connectivity index (χ3n) is 5.20. The lowest BCUT2D eigenvalue weighted by atomic mass is 10.1. The molecule has 1 N–H and O–H groups in total. The van der Waals surface area contributed by atoms with E-state index in [1.165, 1.54) is 12.1 Å². The minimum atomic E-state index is -3.77. The van der Waals surface area contributed by atoms with E-state index in [2.05, 4.69) is 4.72 Å². The van der Waals surface area contributed by atoms with Crippen molar-refractivity contribution in [2.24, 2.45) is 0 Å². The highest BCUT2D eigenvalue weighted by Gasteiger charge is 2.31. The van der Waals surface area contributed by atoms with E-state index in [1.54, 1.807) is 17.0 Å². The summed E-state index contributed by atoms with van der Waals surface area (Å²) in [5.74, 6) is -0.573. The van der Waals surface area contributed by atoms with Gasteiger partial charge < -0.3 is 4.90 Å². The van der Waals surface area contributed by atoms with Gasteiger partial charge in [0.2, 0.25) is 10.0 Å². The second kappa shape index (κ2) is 8.01. The average molecular weight is 424 g/mol. The average Bonchev–Trinajstić information content (AvgIpc) is 3.07. The van der Waals surface area contributed by atoms with Gasteiger partial charge in [-0.2, -0.15) is 0 Å². The van der Waals surface area contributed by atoms with Crippen LogP contribution < -0.4 is 9.62 Å². The lowest BCUT2D eigenvalue weighted by Crippen LogP contribution is -2.35. The fourth-order valence-electron chi connectivity index (χ4n) is 3.67. The van der Waals surface area contributed by atoms with Crippen molar-refractivity contribution in [1.82, 2.24) is 4.72 Å². The van der Waals surface area contributed by atoms with Crippen LogP contribution in [-0.4, -0.2) is 20.4 Å². The number of hydrogen-bond donors (Lipinski definition) is 1. The van der Waals surface area contributed by atoms with Gasteiger partial charge in [0.1, 0.15) is 5.82 Å². The fourth-order valence-corrected chi connectivity index (χ4v) is 4.69. The van der Waals surface area contributed by atoms with Gasteiger partial charge in [-0.15, -0.1) is 0 Å². The molecule has 0 saturated carbocycles. The number of amides is 1. The second-order valence-electron chi connectivity index (χ2n) is 7.34. The van der Waals surface area contributed by atoms with E-state index in [4.69, 9.17) is 0 Å². The molecular weight excluding hydrogens is 403 g/mol. The monoisotopic (exact) mass is 424 g/mol. The van der Waals surface area contributed by atoms with Gasteiger partial charge in [0.25, 0.3) is 5.91 Å². The van der Waals surface area contributed by atoms with Gasteiger partial charge in [0, 0.05) is 23.8 Å². The fraction of sp³-hybridized carbons (Fsp3) is 0.174. The number of nitrogens with one attached hydrogen (secondary N) is 1. The molecule has 7 heteroatoms. The van der Waals surface area contributed by atoms with Crippen molar-refractivity contribution in [2.75, 3.05) is 4.90 Å². The Morgan fingerprint density at radius 3 is 2.47 bits per heavy atom. The van der Waals surface area contributed by atoms with Crippen LogP contribution in [0.15, 0.2) is 77.7 Å². The number of rotatable bonds is 5. The van der Waals surface area contributed by atoms with E-state index >= 15 is 0 Å². The molecule has 3 aromatic carbocycles. The molecule has 1 aliphatic heterocycles. The number of halogens is 1. The number of hydrogen-bond acceptors (Lipinski definition) is 3. The van der Waals surface area contributed by atoms with Crippen LogP contribution >= 0.6 is 0 Å². The van der Waals surface area contributed by atoms with Crippen molar-refractivity contribution >= 4 is 21.6 Å². The molecule has 0 saturated heterocycles. The molecule has 0 spiro atoms. The molecule has 0 bridgehead atoms. The summed E-state index contributed by atoms with van der Waals surface area (Å²) in [5, 5.41) is 0. The van der Waals surface area contributed by atoms with Crippen molar-refractivity contribution < 1.29 is 17.6 Å². The Morgan fingerprint density at radius 1 is 1.07 bits per heavy atom. The summed E-state index contributed by atoms with van der Waals surface area (Å²) < 4.78 is 40.5. The number of nitrogens with zero attached hydrogens (tertiary/aromatic N) is 1. The zero-order chi connectivity index (χ0) is 21.3. The smallest absolute Gasteiger partial charge is 0.258 e. The van der Waals surface area contributed by atoms with Gasteiger partial charge in [0.15, 0.2) is 0 Å². The van der Waals surface area contributed by atoms with E-state index in [-0.39, 0.29) is 23.4 Å². The summed E-state index contributed by atoms with van der Waals surface area (Å²) in [7, 11) is -3.77. The SMILES string of the molecule is CC1Cc2ccc(CNS(=O)(=O)c3ccc(F)cc3)cc2N1C(=O)c1ccccc1. The van der Waals surface area contributed by atoms with E-state index in [9.17, 15) is 17.6 Å². The third-order valence-corrected chi connectivity index (χ3v) is 6.61. The Bertz CT molecular complexity index is 1180. The maximum atomic E-state index is 13.1. The molecule has 1 aliphatic rings. The molecule has 30 heavy (non-hydrogen) atoms. The van der Waals surface area contributed by atoms with Crippen LogP contribution in [0.25, 0.3) is 0 Å². The van der Waals surface area contributed by atoms with Gasteiger partial charge in [-0.3, -0.25) is 4.79 Å². The highest BCUT2D eigenvalue weighted by Crippen LogP contribution is 2.34. The third kappa shape index (κ3) is 3.99. The molecule has 0 radical (unpaired) electrons. The zero-order valence-corrected chi connectivity index (χ0v) is 17.2. The summed E-state index contributed by atoms with van der Waals surface area (Å²) in [6, 6.07) is 19.4. The minimum absolute atomic E-state index is 0.000404. The van der Waals surface area contributed by atoms with Crippen LogP contribution in [0.2, 0.25) is 0 Å². The summed E-state index contributed by atoms with van der Waals surface area (Å²) >= 11 is 0. The lowest BCUT2D eigenvalue weighted by Gasteiger charge is -2.23. The van der Waals surface area contributed by atoms with Gasteiger partial charge in [0.05, 0.1) is 4.90 Å². The maximum Gasteiger partial charge on any atom is 0.258 e. The molecular formula is C23H21FN2O3S. The Kier molecular flexibility index (Phi) is 5.40. The Hall–Kier alpha value is -3.03. The first kappa shape index (κ1) is 20.3. The molecule has 5 nitrogen and oxygen atoms in total. The highest BCUT2D eigenvalue weighted by atomic mass is 32.2. The number of carbonyl (C=O) groups excluding carboxylic acids is 1. The van der Waals surface area contributed by atoms with Crippen LogP contribution in [0.4, 0.5) is 10.1 Å². The number of sulfonamides is 1. The molecule has 1 atom stereocenters. The van der Waals surface area contributed by atoms with Crippen molar-refractivity contribution in [3.05, 3.63) is 95.3 Å². The van der Waals surface area contributed by atoms with Crippen LogP contribution in [0.3, 0.4) is 0 Å². The number of anilines is 1. The maximum absolute atomic E-state index is 13.1. The summed E-state index contributed by atoms with van der Waals surface area (Å²) in [6.07, 6.45) is 0.746. The zero-order valence-electron chi connectivity index (χ0n) is 16.4. The molecule has 4 rings (SSSR count). The van der Waals surface area contributed by atoms with E-state index in [0.717, 1.165) is 35.4 Å². The lowest BCUT2D eigenvalue weighted by molar-refractivity contribution is 0.0981. The second-order valence-corrected chi connectivity index (χ2v) is 9.10. The first-order valence-electron chi connectivity index (χ1n) is 9.61. The highest BCUT2D eigenvalue weighted by molar-refractivity contribution is 7.89. The van der Waals surface area contributed by atoms with E-state index in [1.807, 2.05) is 43.3 Å². The number of carbonyl (C=O) groups is 1. The standard InChI is InChI=1S/C23H21FN2O3S/c1-16-13-19-8-7-17(15-25-30(28,29)21-11-9-20(24)10-12-21)14-22(19)26(16)23(27)18-5-3-2-4-6-18/h2-12,14,16,25H,13,15H2,1H3. The van der Waals surface area contributed by atoms with Crippen molar-refractivity contribution in [3.63, 3.8) is 0 Å². The van der Waals surface area contributed by atoms with Gasteiger partial charge in [-0.25, -0.2) is 17.5 Å². The largest absolute Gasteiger partial charge is 0.305 e. The predicted molar refractivity (Wildman–Crippen MR) is 113 cm³/mol. The summed E-state index contributed by atoms with van der Waals surface area (Å²) in [5.41, 5.74) is 3.20. The quantitative estimate of drug-likeness (QED) is 0.676. The van der Waals surface area contributed by atoms with E-state index in [0.29, 0.717) is 5.56 Å². The summed E-state index contributed by atoms with van der Waals surface area (Å²) in [6.45, 7) is 2.06. The van der Waals surface area contributed by atoms with E-state index < -0.39 is 15.8 Å². The molecule has 1 amide bonds. The van der Waals surface area contributed by atoms with Gasteiger partial charge >= 0.3 is 0 Å². The molecule has 0 aliphatic carbocycles. The van der Waals surface area contributed by atoms with Crippen LogP contribution in [0, 0.1) is 5.82 Å². The van der Waals surface area contributed by atoms with Crippen LogP contribution in [-0.2, 0) is 23.0 Å². The van der Waals surface area contributed by atoms with Gasteiger partial charge in [-0.1, -0.05) is 30.3 Å². The first-order chi connectivity index (χ1) is 14.3. The molecule has 0 fully saturated rings. The molecule has 154 valence electrons. The Morgan fingerprint density at radius 2 is 1.77 bits per heavy atom. The number of benzene rings is 3. The first-order valence-corrected chi connectivity index (χ1v) is 11.1. The minimum Gasteiger partial charge on any atom is -0.305 e.